The van der Waals surface area contributed by atoms with Gasteiger partial charge in [0.25, 0.3) is 0 Å². The van der Waals surface area contributed by atoms with E-state index in [1.54, 1.807) is 36.5 Å². The van der Waals surface area contributed by atoms with Crippen LogP contribution in [0.1, 0.15) is 11.1 Å². The summed E-state index contributed by atoms with van der Waals surface area (Å²) in [5.74, 6) is 2.08. The third kappa shape index (κ3) is 5.65. The van der Waals surface area contributed by atoms with Gasteiger partial charge >= 0.3 is 0 Å². The zero-order valence-corrected chi connectivity index (χ0v) is 17.8. The fourth-order valence-corrected chi connectivity index (χ4v) is 3.96. The molecule has 3 aromatic rings. The van der Waals surface area contributed by atoms with Gasteiger partial charge in [-0.3, -0.25) is 0 Å². The molecule has 0 saturated carbocycles. The van der Waals surface area contributed by atoms with E-state index in [-0.39, 0.29) is 11.4 Å². The number of nitrogens with one attached hydrogen (secondary N) is 3. The molecule has 0 unspecified atom stereocenters. The molecule has 0 amide bonds. The van der Waals surface area contributed by atoms with Crippen LogP contribution in [0.15, 0.2) is 53.6 Å². The fourth-order valence-electron chi connectivity index (χ4n) is 2.68. The zero-order valence-electron chi connectivity index (χ0n) is 17.0. The Morgan fingerprint density at radius 3 is 2.33 bits per heavy atom. The van der Waals surface area contributed by atoms with Crippen LogP contribution in [0.4, 0.5) is 17.5 Å². The van der Waals surface area contributed by atoms with Crippen molar-refractivity contribution in [2.75, 3.05) is 30.8 Å². The first-order chi connectivity index (χ1) is 14.4. The molecule has 0 aliphatic carbocycles. The number of anilines is 3. The number of benzene rings is 1. The summed E-state index contributed by atoms with van der Waals surface area (Å²) in [5.41, 5.74) is 1.92. The van der Waals surface area contributed by atoms with Crippen molar-refractivity contribution in [3.8, 4) is 5.75 Å². The SMILES string of the molecule is COc1ccc(C)cc1S(=O)(=O)NCCNc1ccc(Nc2cc(C)ccn2)nn1. The average molecular weight is 429 g/mol. The molecule has 3 N–H and O–H groups in total. The molecule has 3 rings (SSSR count). The molecular weight excluding hydrogens is 404 g/mol. The van der Waals surface area contributed by atoms with Crippen LogP contribution in [-0.4, -0.2) is 43.8 Å². The van der Waals surface area contributed by atoms with Gasteiger partial charge in [-0.05, 0) is 61.4 Å². The molecule has 0 bridgehead atoms. The minimum atomic E-state index is -3.69. The Hall–Kier alpha value is -3.24. The van der Waals surface area contributed by atoms with Crippen molar-refractivity contribution in [1.29, 1.82) is 0 Å². The Morgan fingerprint density at radius 1 is 0.900 bits per heavy atom. The van der Waals surface area contributed by atoms with Gasteiger partial charge in [0.15, 0.2) is 5.82 Å². The second-order valence-corrected chi connectivity index (χ2v) is 8.36. The van der Waals surface area contributed by atoms with Crippen LogP contribution in [0.2, 0.25) is 0 Å². The lowest BCUT2D eigenvalue weighted by molar-refractivity contribution is 0.402. The van der Waals surface area contributed by atoms with Crippen molar-refractivity contribution in [3.05, 3.63) is 59.8 Å². The molecular formula is C20H24N6O3S. The quantitative estimate of drug-likeness (QED) is 0.445. The Labute approximate surface area is 176 Å². The summed E-state index contributed by atoms with van der Waals surface area (Å²) in [5, 5.41) is 14.3. The largest absolute Gasteiger partial charge is 0.495 e. The molecule has 9 nitrogen and oxygen atoms in total. The summed E-state index contributed by atoms with van der Waals surface area (Å²) in [4.78, 5) is 4.33. The zero-order chi connectivity index (χ0) is 21.6. The van der Waals surface area contributed by atoms with Gasteiger partial charge in [0.05, 0.1) is 7.11 Å². The summed E-state index contributed by atoms with van der Waals surface area (Å²) >= 11 is 0. The first kappa shape index (κ1) is 21.5. The molecule has 2 aromatic heterocycles. The maximum absolute atomic E-state index is 12.6. The third-order valence-corrected chi connectivity index (χ3v) is 5.65. The number of methoxy groups -OCH3 is 1. The Balaban J connectivity index is 1.52. The predicted octanol–water partition coefficient (Wildman–Crippen LogP) is 2.63. The number of rotatable bonds is 9. The average Bonchev–Trinajstić information content (AvgIpc) is 2.72. The lowest BCUT2D eigenvalue weighted by atomic mass is 10.2. The highest BCUT2D eigenvalue weighted by molar-refractivity contribution is 7.89. The number of aryl methyl sites for hydroxylation is 2. The van der Waals surface area contributed by atoms with Crippen LogP contribution >= 0.6 is 0 Å². The van der Waals surface area contributed by atoms with Crippen LogP contribution < -0.4 is 20.1 Å². The van der Waals surface area contributed by atoms with E-state index in [9.17, 15) is 8.42 Å². The van der Waals surface area contributed by atoms with Gasteiger partial charge in [0, 0.05) is 19.3 Å². The summed E-state index contributed by atoms with van der Waals surface area (Å²) < 4.78 is 32.8. The van der Waals surface area contributed by atoms with E-state index in [1.165, 1.54) is 7.11 Å². The molecule has 0 fully saturated rings. The number of hydrogen-bond donors (Lipinski definition) is 3. The summed E-state index contributed by atoms with van der Waals surface area (Å²) in [6, 6.07) is 12.3. The Kier molecular flexibility index (Phi) is 6.80. The van der Waals surface area contributed by atoms with Crippen molar-refractivity contribution in [1.82, 2.24) is 19.9 Å². The van der Waals surface area contributed by atoms with E-state index in [0.717, 1.165) is 11.1 Å². The molecule has 158 valence electrons. The van der Waals surface area contributed by atoms with Gasteiger partial charge < -0.3 is 15.4 Å². The van der Waals surface area contributed by atoms with Crippen molar-refractivity contribution in [2.24, 2.45) is 0 Å². The minimum Gasteiger partial charge on any atom is -0.495 e. The number of sulfonamides is 1. The number of pyridine rings is 1. The van der Waals surface area contributed by atoms with E-state index in [1.807, 2.05) is 26.0 Å². The number of aromatic nitrogens is 3. The van der Waals surface area contributed by atoms with Crippen LogP contribution in [0.25, 0.3) is 0 Å². The topological polar surface area (TPSA) is 118 Å². The van der Waals surface area contributed by atoms with E-state index in [2.05, 4.69) is 30.5 Å². The molecule has 2 heterocycles. The fraction of sp³-hybridized carbons (Fsp3) is 0.250. The normalized spacial score (nSPS) is 11.2. The molecule has 0 aliphatic rings. The van der Waals surface area contributed by atoms with E-state index in [0.29, 0.717) is 29.7 Å². The van der Waals surface area contributed by atoms with E-state index < -0.39 is 10.0 Å². The van der Waals surface area contributed by atoms with Gasteiger partial charge in [0.2, 0.25) is 10.0 Å². The maximum atomic E-state index is 12.6. The summed E-state index contributed by atoms with van der Waals surface area (Å²) in [6.45, 7) is 4.32. The molecule has 10 heteroatoms. The van der Waals surface area contributed by atoms with Gasteiger partial charge in [0.1, 0.15) is 22.3 Å². The molecule has 0 atom stereocenters. The lowest BCUT2D eigenvalue weighted by Gasteiger charge is -2.12. The van der Waals surface area contributed by atoms with Gasteiger partial charge in [-0.2, -0.15) is 0 Å². The first-order valence-electron chi connectivity index (χ1n) is 9.29. The summed E-state index contributed by atoms with van der Waals surface area (Å²) in [6.07, 6.45) is 1.72. The number of hydrogen-bond acceptors (Lipinski definition) is 8. The van der Waals surface area contributed by atoms with E-state index >= 15 is 0 Å². The van der Waals surface area contributed by atoms with Crippen LogP contribution in [0.5, 0.6) is 5.75 Å². The maximum Gasteiger partial charge on any atom is 0.244 e. The van der Waals surface area contributed by atoms with Gasteiger partial charge in [-0.15, -0.1) is 10.2 Å². The molecule has 30 heavy (non-hydrogen) atoms. The van der Waals surface area contributed by atoms with Crippen molar-refractivity contribution < 1.29 is 13.2 Å². The van der Waals surface area contributed by atoms with Gasteiger partial charge in [-0.1, -0.05) is 6.07 Å². The second kappa shape index (κ2) is 9.51. The Bertz CT molecular complexity index is 1100. The standard InChI is InChI=1S/C20H24N6O3S/c1-14-4-5-16(29-3)17(12-14)30(27,28)23-11-10-22-18-6-7-19(26-25-18)24-20-13-15(2)8-9-21-20/h4-9,12-13,23H,10-11H2,1-3H3,(H,22,25)(H,21,24,26). The number of ether oxygens (including phenoxy) is 1. The van der Waals surface area contributed by atoms with Crippen molar-refractivity contribution in [3.63, 3.8) is 0 Å². The molecule has 1 aromatic carbocycles. The van der Waals surface area contributed by atoms with E-state index in [4.69, 9.17) is 4.74 Å². The minimum absolute atomic E-state index is 0.116. The highest BCUT2D eigenvalue weighted by atomic mass is 32.2. The van der Waals surface area contributed by atoms with Crippen molar-refractivity contribution in [2.45, 2.75) is 18.7 Å². The highest BCUT2D eigenvalue weighted by Crippen LogP contribution is 2.24. The lowest BCUT2D eigenvalue weighted by Crippen LogP contribution is -2.29. The smallest absolute Gasteiger partial charge is 0.244 e. The van der Waals surface area contributed by atoms with Crippen LogP contribution in [0, 0.1) is 13.8 Å². The summed E-state index contributed by atoms with van der Waals surface area (Å²) in [7, 11) is -2.25. The predicted molar refractivity (Wildman–Crippen MR) is 116 cm³/mol. The monoisotopic (exact) mass is 428 g/mol. The highest BCUT2D eigenvalue weighted by Gasteiger charge is 2.19. The number of nitrogens with zero attached hydrogens (tertiary/aromatic N) is 3. The molecule has 0 spiro atoms. The Morgan fingerprint density at radius 2 is 1.63 bits per heavy atom. The molecule has 0 aliphatic heterocycles. The first-order valence-corrected chi connectivity index (χ1v) is 10.8. The third-order valence-electron chi connectivity index (χ3n) is 4.17. The second-order valence-electron chi connectivity index (χ2n) is 6.63. The molecule has 0 saturated heterocycles. The van der Waals surface area contributed by atoms with Crippen LogP contribution in [-0.2, 0) is 10.0 Å². The van der Waals surface area contributed by atoms with Crippen molar-refractivity contribution >= 4 is 27.5 Å². The van der Waals surface area contributed by atoms with Crippen LogP contribution in [0.3, 0.4) is 0 Å². The van der Waals surface area contributed by atoms with Gasteiger partial charge in [-0.25, -0.2) is 18.1 Å². The molecule has 0 radical (unpaired) electrons.